The van der Waals surface area contributed by atoms with E-state index in [-0.39, 0.29) is 12.2 Å². The zero-order valence-corrected chi connectivity index (χ0v) is 10.9. The molecule has 0 saturated carbocycles. The van der Waals surface area contributed by atoms with Crippen LogP contribution in [0.4, 0.5) is 18.9 Å². The third kappa shape index (κ3) is 2.67. The van der Waals surface area contributed by atoms with E-state index in [0.29, 0.717) is 12.1 Å². The van der Waals surface area contributed by atoms with Crippen molar-refractivity contribution in [2.24, 2.45) is 0 Å². The van der Waals surface area contributed by atoms with Gasteiger partial charge in [-0.1, -0.05) is 18.2 Å². The van der Waals surface area contributed by atoms with Crippen LogP contribution in [-0.2, 0) is 6.54 Å². The number of nitrogens with zero attached hydrogens (tertiary/aromatic N) is 1. The monoisotopic (exact) mass is 288 g/mol. The minimum Gasteiger partial charge on any atom is -0.376 e. The minimum atomic E-state index is -0.953. The van der Waals surface area contributed by atoms with Crippen LogP contribution in [-0.4, -0.2) is 4.98 Å². The second-order valence-corrected chi connectivity index (χ2v) is 4.59. The molecule has 1 aromatic heterocycles. The summed E-state index contributed by atoms with van der Waals surface area (Å²) in [6.45, 7) is 0.211. The number of rotatable bonds is 3. The van der Waals surface area contributed by atoms with Gasteiger partial charge in [0.25, 0.3) is 0 Å². The molecule has 1 N–H and O–H groups in total. The second kappa shape index (κ2) is 5.44. The summed E-state index contributed by atoms with van der Waals surface area (Å²) >= 11 is 0. The fraction of sp³-hybridized carbons (Fsp3) is 0.0625. The van der Waals surface area contributed by atoms with Gasteiger partial charge in [0.1, 0.15) is 11.5 Å². The molecule has 0 aliphatic heterocycles. The van der Waals surface area contributed by atoms with E-state index < -0.39 is 17.5 Å². The third-order valence-corrected chi connectivity index (χ3v) is 3.20. The lowest BCUT2D eigenvalue weighted by atomic mass is 10.1. The van der Waals surface area contributed by atoms with Gasteiger partial charge in [0.05, 0.1) is 5.52 Å². The highest BCUT2D eigenvalue weighted by Crippen LogP contribution is 2.22. The van der Waals surface area contributed by atoms with Gasteiger partial charge < -0.3 is 5.32 Å². The molecule has 3 rings (SSSR count). The standard InChI is InChI=1S/C16H11F3N2/c17-11-7-13(18)16(14(19)8-11)21-9-10-5-6-20-15-4-2-1-3-12(10)15/h1-8,21H,9H2. The van der Waals surface area contributed by atoms with Crippen LogP contribution < -0.4 is 5.32 Å². The van der Waals surface area contributed by atoms with Crippen LogP contribution in [0.2, 0.25) is 0 Å². The van der Waals surface area contributed by atoms with E-state index in [4.69, 9.17) is 0 Å². The third-order valence-electron chi connectivity index (χ3n) is 3.20. The number of halogens is 3. The van der Waals surface area contributed by atoms with Gasteiger partial charge in [0.2, 0.25) is 0 Å². The number of aromatic nitrogens is 1. The van der Waals surface area contributed by atoms with Gasteiger partial charge >= 0.3 is 0 Å². The number of hydrogen-bond donors (Lipinski definition) is 1. The molecule has 2 nitrogen and oxygen atoms in total. The Balaban J connectivity index is 1.91. The van der Waals surface area contributed by atoms with Crippen molar-refractivity contribution < 1.29 is 13.2 Å². The van der Waals surface area contributed by atoms with Gasteiger partial charge in [-0.05, 0) is 17.7 Å². The first kappa shape index (κ1) is 13.4. The normalized spacial score (nSPS) is 10.8. The molecule has 2 aromatic carbocycles. The van der Waals surface area contributed by atoms with Gasteiger partial charge in [0, 0.05) is 30.3 Å². The maximum Gasteiger partial charge on any atom is 0.152 e. The predicted octanol–water partition coefficient (Wildman–Crippen LogP) is 4.26. The Kier molecular flexibility index (Phi) is 3.48. The lowest BCUT2D eigenvalue weighted by molar-refractivity contribution is 0.547. The van der Waals surface area contributed by atoms with E-state index in [2.05, 4.69) is 10.3 Å². The van der Waals surface area contributed by atoms with Gasteiger partial charge in [-0.15, -0.1) is 0 Å². The first-order valence-electron chi connectivity index (χ1n) is 6.36. The maximum absolute atomic E-state index is 13.6. The summed E-state index contributed by atoms with van der Waals surface area (Å²) in [5.41, 5.74) is 1.32. The van der Waals surface area contributed by atoms with Gasteiger partial charge in [-0.25, -0.2) is 13.2 Å². The molecule has 21 heavy (non-hydrogen) atoms. The van der Waals surface area contributed by atoms with Gasteiger partial charge in [-0.3, -0.25) is 4.98 Å². The molecule has 0 amide bonds. The average molecular weight is 288 g/mol. The molecule has 0 unspecified atom stereocenters. The summed E-state index contributed by atoms with van der Waals surface area (Å²) in [5, 5.41) is 3.57. The van der Waals surface area contributed by atoms with Crippen molar-refractivity contribution in [1.82, 2.24) is 4.98 Å². The van der Waals surface area contributed by atoms with Crippen molar-refractivity contribution in [1.29, 1.82) is 0 Å². The Morgan fingerprint density at radius 2 is 1.67 bits per heavy atom. The van der Waals surface area contributed by atoms with E-state index in [1.807, 2.05) is 24.3 Å². The van der Waals surface area contributed by atoms with Crippen molar-refractivity contribution >= 4 is 16.6 Å². The lowest BCUT2D eigenvalue weighted by Crippen LogP contribution is -2.05. The number of pyridine rings is 1. The Bertz CT molecular complexity index is 774. The Morgan fingerprint density at radius 1 is 0.952 bits per heavy atom. The molecule has 0 saturated heterocycles. The highest BCUT2D eigenvalue weighted by Gasteiger charge is 2.11. The van der Waals surface area contributed by atoms with E-state index in [1.165, 1.54) is 0 Å². The number of anilines is 1. The van der Waals surface area contributed by atoms with Crippen molar-refractivity contribution in [2.75, 3.05) is 5.32 Å². The topological polar surface area (TPSA) is 24.9 Å². The van der Waals surface area contributed by atoms with Crippen molar-refractivity contribution in [3.63, 3.8) is 0 Å². The van der Waals surface area contributed by atoms with E-state index in [1.54, 1.807) is 12.3 Å². The molecule has 0 fully saturated rings. The van der Waals surface area contributed by atoms with E-state index in [0.717, 1.165) is 16.5 Å². The van der Waals surface area contributed by atoms with Crippen LogP contribution in [0.5, 0.6) is 0 Å². The summed E-state index contributed by atoms with van der Waals surface area (Å²) < 4.78 is 40.0. The molecule has 0 spiro atoms. The van der Waals surface area contributed by atoms with Crippen molar-refractivity contribution in [3.8, 4) is 0 Å². The first-order chi connectivity index (χ1) is 10.1. The molecule has 0 radical (unpaired) electrons. The highest BCUT2D eigenvalue weighted by molar-refractivity contribution is 5.82. The summed E-state index contributed by atoms with van der Waals surface area (Å²) in [6, 6.07) is 10.5. The summed E-state index contributed by atoms with van der Waals surface area (Å²) in [6.07, 6.45) is 1.64. The lowest BCUT2D eigenvalue weighted by Gasteiger charge is -2.10. The van der Waals surface area contributed by atoms with E-state index in [9.17, 15) is 13.2 Å². The zero-order chi connectivity index (χ0) is 14.8. The highest BCUT2D eigenvalue weighted by atomic mass is 19.1. The van der Waals surface area contributed by atoms with Crippen LogP contribution in [0.3, 0.4) is 0 Å². The molecule has 106 valence electrons. The summed E-state index contributed by atoms with van der Waals surface area (Å²) in [5.74, 6) is -2.85. The maximum atomic E-state index is 13.6. The largest absolute Gasteiger partial charge is 0.376 e. The van der Waals surface area contributed by atoms with Crippen molar-refractivity contribution in [3.05, 3.63) is 71.7 Å². The molecule has 0 bridgehead atoms. The van der Waals surface area contributed by atoms with Crippen LogP contribution in [0.25, 0.3) is 10.9 Å². The average Bonchev–Trinajstić information content (AvgIpc) is 2.46. The Morgan fingerprint density at radius 3 is 2.43 bits per heavy atom. The Labute approximate surface area is 119 Å². The molecule has 0 atom stereocenters. The molecular formula is C16H11F3N2. The molecule has 5 heteroatoms. The minimum absolute atomic E-state index is 0.211. The van der Waals surface area contributed by atoms with Crippen LogP contribution in [0.1, 0.15) is 5.56 Å². The summed E-state index contributed by atoms with van der Waals surface area (Å²) in [4.78, 5) is 4.22. The smallest absolute Gasteiger partial charge is 0.152 e. The molecule has 0 aliphatic carbocycles. The van der Waals surface area contributed by atoms with Crippen LogP contribution >= 0.6 is 0 Å². The van der Waals surface area contributed by atoms with Crippen molar-refractivity contribution in [2.45, 2.75) is 6.54 Å². The quantitative estimate of drug-likeness (QED) is 0.778. The molecule has 3 aromatic rings. The van der Waals surface area contributed by atoms with Crippen LogP contribution in [0, 0.1) is 17.5 Å². The number of fused-ring (bicyclic) bond motifs is 1. The molecule has 0 aliphatic rings. The van der Waals surface area contributed by atoms with Gasteiger partial charge in [0.15, 0.2) is 11.6 Å². The SMILES string of the molecule is Fc1cc(F)c(NCc2ccnc3ccccc23)c(F)c1. The number of hydrogen-bond acceptors (Lipinski definition) is 2. The fourth-order valence-corrected chi connectivity index (χ4v) is 2.20. The first-order valence-corrected chi connectivity index (χ1v) is 6.36. The van der Waals surface area contributed by atoms with Gasteiger partial charge in [-0.2, -0.15) is 0 Å². The molecular weight excluding hydrogens is 277 g/mol. The number of para-hydroxylation sites is 1. The fourth-order valence-electron chi connectivity index (χ4n) is 2.20. The Hall–Kier alpha value is -2.56. The van der Waals surface area contributed by atoms with Crippen LogP contribution in [0.15, 0.2) is 48.7 Å². The predicted molar refractivity (Wildman–Crippen MR) is 75.4 cm³/mol. The molecule has 1 heterocycles. The number of benzene rings is 2. The van der Waals surface area contributed by atoms with E-state index >= 15 is 0 Å². The summed E-state index contributed by atoms with van der Waals surface area (Å²) in [7, 11) is 0. The number of nitrogens with one attached hydrogen (secondary N) is 1. The zero-order valence-electron chi connectivity index (χ0n) is 10.9. The second-order valence-electron chi connectivity index (χ2n) is 4.59.